The van der Waals surface area contributed by atoms with Crippen molar-refractivity contribution in [1.29, 1.82) is 0 Å². The van der Waals surface area contributed by atoms with Gasteiger partial charge in [-0.3, -0.25) is 13.8 Å². The molecule has 1 atom stereocenters. The summed E-state index contributed by atoms with van der Waals surface area (Å²) in [5.41, 5.74) is 1.57. The molecule has 9 nitrogen and oxygen atoms in total. The fourth-order valence-corrected chi connectivity index (χ4v) is 5.56. The first-order valence-corrected chi connectivity index (χ1v) is 15.5. The summed E-state index contributed by atoms with van der Waals surface area (Å²) in [5.74, 6) is -0.560. The lowest BCUT2D eigenvalue weighted by Crippen LogP contribution is -2.34. The molecule has 11 heteroatoms. The summed E-state index contributed by atoms with van der Waals surface area (Å²) < 4.78 is 51.0. The Hall–Kier alpha value is -3.15. The number of hydrogen-bond acceptors (Lipinski definition) is 7. The first kappa shape index (κ1) is 33.4. The predicted octanol–water partition coefficient (Wildman–Crippen LogP) is 5.94. The van der Waals surface area contributed by atoms with Gasteiger partial charge < -0.3 is 19.0 Å². The van der Waals surface area contributed by atoms with E-state index in [-0.39, 0.29) is 47.9 Å². The number of benzene rings is 1. The molecule has 0 aliphatic carbocycles. The Morgan fingerprint density at radius 2 is 1.86 bits per heavy atom. The number of ether oxygens (including phenoxy) is 1. The normalized spacial score (nSPS) is 12.7. The van der Waals surface area contributed by atoms with Gasteiger partial charge in [0.15, 0.2) is 0 Å². The van der Waals surface area contributed by atoms with Crippen molar-refractivity contribution in [2.24, 2.45) is 11.3 Å². The molecular weight excluding hydrogens is 561 g/mol. The minimum atomic E-state index is -2.54. The van der Waals surface area contributed by atoms with Gasteiger partial charge in [-0.25, -0.2) is 13.7 Å². The van der Waals surface area contributed by atoms with Gasteiger partial charge in [-0.1, -0.05) is 34.6 Å². The van der Waals surface area contributed by atoms with Crippen LogP contribution in [0.15, 0.2) is 34.7 Å². The summed E-state index contributed by atoms with van der Waals surface area (Å²) in [6.45, 7) is 10.3. The number of furan rings is 1. The number of amides is 1. The Balaban J connectivity index is 1.90. The zero-order chi connectivity index (χ0) is 31.0. The van der Waals surface area contributed by atoms with Crippen molar-refractivity contribution in [3.05, 3.63) is 53.0 Å². The lowest BCUT2D eigenvalue weighted by molar-refractivity contribution is -0.158. The number of aryl methyl sites for hydroxylation is 1. The molecule has 0 spiro atoms. The van der Waals surface area contributed by atoms with Gasteiger partial charge in [0, 0.05) is 30.4 Å². The summed E-state index contributed by atoms with van der Waals surface area (Å²) in [6, 6.07) is 7.41. The van der Waals surface area contributed by atoms with Gasteiger partial charge in [0.25, 0.3) is 5.91 Å². The molecule has 230 valence electrons. The number of carbonyl (C=O) groups is 2. The standard InChI is InChI=1S/C31H42FN3O6S/c1-7-21-17-24-26(28(36)33-6)27(22-11-13-23(32)14-12-22)41-29(24)34-25(21)18-35(42(38)39)16-10-15-31(8-2,9-3)30(37)40-19-20(4)5/h11-14,17,20H,7-10,15-16,18-19H2,1-6H3,(H,33,36)(H,38,39)/p-1. The van der Waals surface area contributed by atoms with E-state index >= 15 is 0 Å². The number of carbonyl (C=O) groups excluding carboxylic acids is 2. The highest BCUT2D eigenvalue weighted by atomic mass is 32.2. The maximum atomic E-state index is 13.6. The molecule has 0 bridgehead atoms. The first-order valence-electron chi connectivity index (χ1n) is 14.4. The number of nitrogens with one attached hydrogen (secondary N) is 1. The first-order chi connectivity index (χ1) is 20.0. The SMILES string of the molecule is CCc1cc2c(C(=O)NC)c(-c3ccc(F)cc3)oc2nc1CN(CCCC(CC)(CC)C(=O)OCC(C)C)S(=O)[O-]. The molecule has 0 aliphatic heterocycles. The highest BCUT2D eigenvalue weighted by Gasteiger charge is 2.36. The molecule has 1 unspecified atom stereocenters. The van der Waals surface area contributed by atoms with E-state index in [1.807, 2.05) is 34.6 Å². The topological polar surface area (TPSA) is 125 Å². The van der Waals surface area contributed by atoms with Crippen molar-refractivity contribution >= 4 is 34.2 Å². The van der Waals surface area contributed by atoms with Crippen LogP contribution in [0.1, 0.15) is 81.9 Å². The molecule has 0 fully saturated rings. The van der Waals surface area contributed by atoms with E-state index in [4.69, 9.17) is 9.15 Å². The average molecular weight is 603 g/mol. The highest BCUT2D eigenvalue weighted by molar-refractivity contribution is 7.76. The summed E-state index contributed by atoms with van der Waals surface area (Å²) in [7, 11) is 1.51. The molecule has 42 heavy (non-hydrogen) atoms. The van der Waals surface area contributed by atoms with Crippen LogP contribution < -0.4 is 5.32 Å². The van der Waals surface area contributed by atoms with Gasteiger partial charge in [0.2, 0.25) is 5.71 Å². The van der Waals surface area contributed by atoms with E-state index in [1.54, 1.807) is 6.07 Å². The summed E-state index contributed by atoms with van der Waals surface area (Å²) >= 11 is -2.54. The van der Waals surface area contributed by atoms with E-state index in [2.05, 4.69) is 10.3 Å². The van der Waals surface area contributed by atoms with E-state index in [0.717, 1.165) is 5.56 Å². The second-order valence-electron chi connectivity index (χ2n) is 10.9. The fraction of sp³-hybridized carbons (Fsp3) is 0.516. The summed E-state index contributed by atoms with van der Waals surface area (Å²) in [4.78, 5) is 30.5. The Morgan fingerprint density at radius 3 is 2.40 bits per heavy atom. The fourth-order valence-electron chi connectivity index (χ4n) is 5.06. The van der Waals surface area contributed by atoms with Crippen molar-refractivity contribution in [2.45, 2.75) is 73.3 Å². The van der Waals surface area contributed by atoms with Gasteiger partial charge >= 0.3 is 5.97 Å². The lowest BCUT2D eigenvalue weighted by Gasteiger charge is -2.31. The number of rotatable bonds is 15. The van der Waals surface area contributed by atoms with Crippen LogP contribution in [0.5, 0.6) is 0 Å². The second kappa shape index (κ2) is 14.8. The van der Waals surface area contributed by atoms with Gasteiger partial charge in [-0.2, -0.15) is 0 Å². The van der Waals surface area contributed by atoms with Gasteiger partial charge in [-0.15, -0.1) is 0 Å². The highest BCUT2D eigenvalue weighted by Crippen LogP contribution is 2.36. The third kappa shape index (κ3) is 7.62. The molecule has 0 saturated heterocycles. The summed E-state index contributed by atoms with van der Waals surface area (Å²) in [6.07, 6.45) is 2.69. The van der Waals surface area contributed by atoms with Crippen LogP contribution in [-0.4, -0.2) is 50.1 Å². The van der Waals surface area contributed by atoms with Gasteiger partial charge in [0.1, 0.15) is 11.6 Å². The summed E-state index contributed by atoms with van der Waals surface area (Å²) in [5, 5.41) is 3.11. The van der Waals surface area contributed by atoms with E-state index in [1.165, 1.54) is 35.6 Å². The zero-order valence-electron chi connectivity index (χ0n) is 25.3. The maximum absolute atomic E-state index is 13.6. The number of pyridine rings is 1. The van der Waals surface area contributed by atoms with Crippen LogP contribution in [0, 0.1) is 17.2 Å². The molecule has 1 amide bonds. The lowest BCUT2D eigenvalue weighted by atomic mass is 9.78. The predicted molar refractivity (Wildman–Crippen MR) is 160 cm³/mol. The largest absolute Gasteiger partial charge is 0.760 e. The molecule has 0 aliphatic rings. The van der Waals surface area contributed by atoms with Crippen LogP contribution >= 0.6 is 0 Å². The molecule has 1 N–H and O–H groups in total. The number of halogens is 1. The van der Waals surface area contributed by atoms with Crippen LogP contribution in [-0.2, 0) is 33.8 Å². The van der Waals surface area contributed by atoms with E-state index < -0.39 is 22.5 Å². The van der Waals surface area contributed by atoms with E-state index in [0.29, 0.717) is 55.4 Å². The number of esters is 1. The zero-order valence-corrected chi connectivity index (χ0v) is 26.1. The molecule has 2 aromatic heterocycles. The molecule has 0 radical (unpaired) electrons. The Morgan fingerprint density at radius 1 is 1.19 bits per heavy atom. The van der Waals surface area contributed by atoms with Crippen molar-refractivity contribution in [1.82, 2.24) is 14.6 Å². The van der Waals surface area contributed by atoms with Crippen LogP contribution in [0.2, 0.25) is 0 Å². The Labute approximate surface area is 249 Å². The number of hydrogen-bond donors (Lipinski definition) is 1. The molecule has 3 rings (SSSR count). The van der Waals surface area contributed by atoms with Crippen molar-refractivity contribution in [3.63, 3.8) is 0 Å². The maximum Gasteiger partial charge on any atom is 0.312 e. The van der Waals surface area contributed by atoms with Gasteiger partial charge in [0.05, 0.1) is 35.2 Å². The second-order valence-corrected chi connectivity index (χ2v) is 11.8. The quantitative estimate of drug-likeness (QED) is 0.169. The number of nitrogens with zero attached hydrogens (tertiary/aromatic N) is 2. The third-order valence-corrected chi connectivity index (χ3v) is 8.46. The van der Waals surface area contributed by atoms with Gasteiger partial charge in [-0.05, 0) is 73.9 Å². The van der Waals surface area contributed by atoms with Crippen molar-refractivity contribution < 1.29 is 31.9 Å². The smallest absolute Gasteiger partial charge is 0.312 e. The average Bonchev–Trinajstić information content (AvgIpc) is 3.35. The minimum absolute atomic E-state index is 0.000158. The van der Waals surface area contributed by atoms with Crippen LogP contribution in [0.4, 0.5) is 4.39 Å². The molecule has 2 heterocycles. The van der Waals surface area contributed by atoms with E-state index in [9.17, 15) is 22.7 Å². The number of fused-ring (bicyclic) bond motifs is 1. The van der Waals surface area contributed by atoms with Crippen LogP contribution in [0.25, 0.3) is 22.4 Å². The Kier molecular flexibility index (Phi) is 11.8. The monoisotopic (exact) mass is 602 g/mol. The van der Waals surface area contributed by atoms with Crippen molar-refractivity contribution in [3.8, 4) is 11.3 Å². The van der Waals surface area contributed by atoms with Crippen LogP contribution in [0.3, 0.4) is 0 Å². The third-order valence-electron chi connectivity index (χ3n) is 7.73. The molecule has 0 saturated carbocycles. The van der Waals surface area contributed by atoms with Crippen molar-refractivity contribution in [2.75, 3.05) is 20.2 Å². The minimum Gasteiger partial charge on any atom is -0.760 e. The molecular formula is C31H41FN3O6S-. The molecule has 1 aromatic carbocycles. The number of aromatic nitrogens is 1. The Bertz CT molecular complexity index is 1400. The molecule has 3 aromatic rings.